The average molecular weight is 252 g/mol. The highest BCUT2D eigenvalue weighted by Gasteiger charge is 2.09. The van der Waals surface area contributed by atoms with Gasteiger partial charge in [0.1, 0.15) is 11.5 Å². The van der Waals surface area contributed by atoms with Gasteiger partial charge in [0.25, 0.3) is 0 Å². The van der Waals surface area contributed by atoms with Crippen molar-refractivity contribution in [2.45, 2.75) is 13.8 Å². The lowest BCUT2D eigenvalue weighted by Gasteiger charge is -2.10. The van der Waals surface area contributed by atoms with E-state index in [1.54, 1.807) is 0 Å². The third kappa shape index (κ3) is 1.73. The lowest BCUT2D eigenvalue weighted by molar-refractivity contribution is 1.11. The van der Waals surface area contributed by atoms with Gasteiger partial charge in [0, 0.05) is 23.0 Å². The van der Waals surface area contributed by atoms with E-state index < -0.39 is 0 Å². The highest BCUT2D eigenvalue weighted by atomic mass is 15.1. The van der Waals surface area contributed by atoms with Gasteiger partial charge < -0.3 is 15.9 Å². The summed E-state index contributed by atoms with van der Waals surface area (Å²) < 4.78 is 2.00. The van der Waals surface area contributed by atoms with Crippen LogP contribution < -0.4 is 11.5 Å². The Bertz CT molecular complexity index is 751. The van der Waals surface area contributed by atoms with Crippen LogP contribution in [0.2, 0.25) is 0 Å². The molecule has 3 rings (SSSR count). The van der Waals surface area contributed by atoms with Crippen LogP contribution in [0.1, 0.15) is 11.3 Å². The van der Waals surface area contributed by atoms with E-state index >= 15 is 0 Å². The first kappa shape index (κ1) is 11.6. The van der Waals surface area contributed by atoms with Gasteiger partial charge >= 0.3 is 0 Å². The second-order valence-electron chi connectivity index (χ2n) is 4.77. The molecule has 3 aromatic rings. The largest absolute Gasteiger partial charge is 0.398 e. The van der Waals surface area contributed by atoms with Gasteiger partial charge in [-0.3, -0.25) is 0 Å². The highest BCUT2D eigenvalue weighted by molar-refractivity contribution is 5.79. The molecular formula is C15H16N4. The molecule has 4 nitrogen and oxygen atoms in total. The Hall–Kier alpha value is -2.49. The molecule has 0 aliphatic rings. The molecule has 0 unspecified atom stereocenters. The Morgan fingerprint density at radius 1 is 1.05 bits per heavy atom. The van der Waals surface area contributed by atoms with Crippen molar-refractivity contribution < 1.29 is 0 Å². The molecular weight excluding hydrogens is 236 g/mol. The Balaban J connectivity index is 2.29. The van der Waals surface area contributed by atoms with E-state index in [1.165, 1.54) is 0 Å². The van der Waals surface area contributed by atoms with Gasteiger partial charge in [-0.1, -0.05) is 12.1 Å². The number of pyridine rings is 1. The monoisotopic (exact) mass is 252 g/mol. The molecule has 4 heteroatoms. The van der Waals surface area contributed by atoms with E-state index in [2.05, 4.69) is 18.0 Å². The molecule has 0 aliphatic heterocycles. The van der Waals surface area contributed by atoms with Crippen molar-refractivity contribution in [3.05, 3.63) is 47.8 Å². The molecule has 1 aromatic carbocycles. The average Bonchev–Trinajstić information content (AvgIpc) is 2.65. The van der Waals surface area contributed by atoms with Crippen LogP contribution in [0.4, 0.5) is 11.5 Å². The number of hydrogen-bond acceptors (Lipinski definition) is 3. The summed E-state index contributed by atoms with van der Waals surface area (Å²) in [6.07, 6.45) is 2.03. The Morgan fingerprint density at radius 2 is 1.84 bits per heavy atom. The standard InChI is InChI=1S/C15H16N4/c1-9-4-3-5-12(16)14(9)11-6-7-13-18-15(17)10(2)19(13)8-11/h3-8H,16-17H2,1-2H3. The molecule has 0 saturated carbocycles. The second kappa shape index (κ2) is 4.02. The quantitative estimate of drug-likeness (QED) is 0.654. The molecule has 2 aromatic heterocycles. The predicted octanol–water partition coefficient (Wildman–Crippen LogP) is 2.78. The summed E-state index contributed by atoms with van der Waals surface area (Å²) in [5.41, 5.74) is 17.8. The van der Waals surface area contributed by atoms with Crippen molar-refractivity contribution in [2.75, 3.05) is 11.5 Å². The summed E-state index contributed by atoms with van der Waals surface area (Å²) in [6.45, 7) is 4.02. The fraction of sp³-hybridized carbons (Fsp3) is 0.133. The van der Waals surface area contributed by atoms with Gasteiger partial charge in [-0.25, -0.2) is 4.98 Å². The number of imidazole rings is 1. The maximum absolute atomic E-state index is 6.09. The number of hydrogen-bond donors (Lipinski definition) is 2. The topological polar surface area (TPSA) is 69.3 Å². The minimum Gasteiger partial charge on any atom is -0.398 e. The first-order valence-corrected chi connectivity index (χ1v) is 6.17. The van der Waals surface area contributed by atoms with E-state index in [4.69, 9.17) is 11.5 Å². The Morgan fingerprint density at radius 3 is 2.58 bits per heavy atom. The zero-order valence-corrected chi connectivity index (χ0v) is 11.0. The third-order valence-corrected chi connectivity index (χ3v) is 3.49. The van der Waals surface area contributed by atoms with Crippen LogP contribution in [0.25, 0.3) is 16.8 Å². The number of aromatic nitrogens is 2. The summed E-state index contributed by atoms with van der Waals surface area (Å²) in [5.74, 6) is 0.565. The number of aryl methyl sites for hydroxylation is 2. The molecule has 19 heavy (non-hydrogen) atoms. The maximum atomic E-state index is 6.09. The van der Waals surface area contributed by atoms with Crippen molar-refractivity contribution in [3.63, 3.8) is 0 Å². The van der Waals surface area contributed by atoms with E-state index in [-0.39, 0.29) is 0 Å². The fourth-order valence-electron chi connectivity index (χ4n) is 2.41. The lowest BCUT2D eigenvalue weighted by atomic mass is 10.0. The number of anilines is 2. The number of nitrogen functional groups attached to an aromatic ring is 2. The normalized spacial score (nSPS) is 11.1. The number of benzene rings is 1. The first-order chi connectivity index (χ1) is 9.08. The molecule has 0 aliphatic carbocycles. The van der Waals surface area contributed by atoms with Crippen molar-refractivity contribution in [1.82, 2.24) is 9.38 Å². The summed E-state index contributed by atoms with van der Waals surface area (Å²) in [7, 11) is 0. The van der Waals surface area contributed by atoms with Crippen molar-refractivity contribution in [3.8, 4) is 11.1 Å². The zero-order valence-electron chi connectivity index (χ0n) is 11.0. The first-order valence-electron chi connectivity index (χ1n) is 6.17. The second-order valence-corrected chi connectivity index (χ2v) is 4.77. The van der Waals surface area contributed by atoms with Crippen LogP contribution >= 0.6 is 0 Å². The minimum atomic E-state index is 0.565. The van der Waals surface area contributed by atoms with Gasteiger partial charge in [0.2, 0.25) is 0 Å². The van der Waals surface area contributed by atoms with Crippen LogP contribution in [-0.4, -0.2) is 9.38 Å². The molecule has 0 radical (unpaired) electrons. The van der Waals surface area contributed by atoms with E-state index in [0.717, 1.165) is 33.7 Å². The number of rotatable bonds is 1. The van der Waals surface area contributed by atoms with Gasteiger partial charge in [0.05, 0.1) is 5.69 Å². The van der Waals surface area contributed by atoms with Crippen molar-refractivity contribution in [1.29, 1.82) is 0 Å². The summed E-state index contributed by atoms with van der Waals surface area (Å²) in [5, 5.41) is 0. The minimum absolute atomic E-state index is 0.565. The smallest absolute Gasteiger partial charge is 0.145 e. The maximum Gasteiger partial charge on any atom is 0.145 e. The number of nitrogens with zero attached hydrogens (tertiary/aromatic N) is 2. The highest BCUT2D eigenvalue weighted by Crippen LogP contribution is 2.30. The Labute approximate surface area is 111 Å². The SMILES string of the molecule is Cc1cccc(N)c1-c1ccc2nc(N)c(C)n2c1. The van der Waals surface area contributed by atoms with Crippen molar-refractivity contribution in [2.24, 2.45) is 0 Å². The lowest BCUT2D eigenvalue weighted by Crippen LogP contribution is -1.95. The van der Waals surface area contributed by atoms with E-state index in [9.17, 15) is 0 Å². The molecule has 0 amide bonds. The van der Waals surface area contributed by atoms with Crippen molar-refractivity contribution >= 4 is 17.2 Å². The molecule has 0 atom stereocenters. The van der Waals surface area contributed by atoms with Crippen LogP contribution in [0.5, 0.6) is 0 Å². The van der Waals surface area contributed by atoms with Gasteiger partial charge in [-0.05, 0) is 37.6 Å². The summed E-state index contributed by atoms with van der Waals surface area (Å²) in [4.78, 5) is 4.30. The van der Waals surface area contributed by atoms with Crippen LogP contribution in [0.15, 0.2) is 36.5 Å². The number of fused-ring (bicyclic) bond motifs is 1. The summed E-state index contributed by atoms with van der Waals surface area (Å²) >= 11 is 0. The zero-order chi connectivity index (χ0) is 13.6. The number of nitrogens with two attached hydrogens (primary N) is 2. The van der Waals surface area contributed by atoms with Crippen LogP contribution in [0.3, 0.4) is 0 Å². The third-order valence-electron chi connectivity index (χ3n) is 3.49. The van der Waals surface area contributed by atoms with Gasteiger partial charge in [0.15, 0.2) is 0 Å². The van der Waals surface area contributed by atoms with Crippen LogP contribution in [-0.2, 0) is 0 Å². The molecule has 0 saturated heterocycles. The molecule has 0 bridgehead atoms. The fourth-order valence-corrected chi connectivity index (χ4v) is 2.41. The molecule has 4 N–H and O–H groups in total. The van der Waals surface area contributed by atoms with E-state index in [1.807, 2.05) is 41.8 Å². The van der Waals surface area contributed by atoms with Crippen LogP contribution in [0, 0.1) is 13.8 Å². The predicted molar refractivity (Wildman–Crippen MR) is 78.9 cm³/mol. The van der Waals surface area contributed by atoms with E-state index in [0.29, 0.717) is 5.82 Å². The molecule has 96 valence electrons. The molecule has 0 fully saturated rings. The van der Waals surface area contributed by atoms with Gasteiger partial charge in [-0.15, -0.1) is 0 Å². The molecule has 2 heterocycles. The molecule has 0 spiro atoms. The Kier molecular flexibility index (Phi) is 2.45. The summed E-state index contributed by atoms with van der Waals surface area (Å²) in [6, 6.07) is 9.93. The van der Waals surface area contributed by atoms with Gasteiger partial charge in [-0.2, -0.15) is 0 Å².